The number of aryl methyl sites for hydroxylation is 1. The third kappa shape index (κ3) is 3.10. The Bertz CT molecular complexity index is 2330. The Hall–Kier alpha value is -4.95. The fourth-order valence-electron chi connectivity index (χ4n) is 5.31. The van der Waals surface area contributed by atoms with Crippen molar-refractivity contribution in [1.82, 2.24) is 0 Å². The van der Waals surface area contributed by atoms with Gasteiger partial charge in [0.1, 0.15) is 36.6 Å². The number of benzene rings is 4. The first-order valence-electron chi connectivity index (χ1n) is 14.5. The van der Waals surface area contributed by atoms with Crippen molar-refractivity contribution in [3.63, 3.8) is 0 Å². The molecule has 0 unspecified atom stereocenters. The van der Waals surface area contributed by atoms with Gasteiger partial charge in [0, 0.05) is 42.8 Å². The van der Waals surface area contributed by atoms with Crippen molar-refractivity contribution in [3.8, 4) is 28.5 Å². The van der Waals surface area contributed by atoms with Crippen LogP contribution in [0.25, 0.3) is 66.3 Å². The molecule has 0 aliphatic rings. The van der Waals surface area contributed by atoms with Crippen LogP contribution < -0.4 is 4.57 Å². The zero-order chi connectivity index (χ0) is 30.4. The average Bonchev–Trinajstić information content (AvgIpc) is 3.53. The summed E-state index contributed by atoms with van der Waals surface area (Å²) in [6.07, 6.45) is -0.553. The van der Waals surface area contributed by atoms with Crippen LogP contribution in [0.5, 0.6) is 0 Å². The molecule has 0 aliphatic heterocycles. The Morgan fingerprint density at radius 3 is 2.42 bits per heavy atom. The average molecular weight is 503 g/mol. The van der Waals surface area contributed by atoms with Crippen LogP contribution in [-0.2, 0) is 7.05 Å². The lowest BCUT2D eigenvalue weighted by Gasteiger charge is -2.06. The van der Waals surface area contributed by atoms with Crippen molar-refractivity contribution >= 4 is 43.9 Å². The summed E-state index contributed by atoms with van der Waals surface area (Å²) in [5.74, 6) is -1.27. The molecule has 0 saturated heterocycles. The number of nitrogens with zero attached hydrogens (tertiary/aromatic N) is 2. The van der Waals surface area contributed by atoms with Crippen molar-refractivity contribution < 1.29 is 24.6 Å². The number of nitriles is 1. The highest BCUT2D eigenvalue weighted by atomic mass is 19.1. The largest absolute Gasteiger partial charge is 0.456 e. The number of aromatic nitrogens is 1. The van der Waals surface area contributed by atoms with E-state index in [2.05, 4.69) is 6.07 Å². The van der Waals surface area contributed by atoms with Gasteiger partial charge in [-0.1, -0.05) is 36.4 Å². The molecular formula is C33H22FN2O2+. The molecule has 0 amide bonds. The van der Waals surface area contributed by atoms with Gasteiger partial charge in [0.15, 0.2) is 6.17 Å². The molecule has 4 aromatic carbocycles. The van der Waals surface area contributed by atoms with Crippen LogP contribution in [0.1, 0.15) is 23.5 Å². The van der Waals surface area contributed by atoms with Crippen molar-refractivity contribution in [2.45, 2.75) is 13.8 Å². The molecule has 0 saturated carbocycles. The van der Waals surface area contributed by atoms with E-state index in [1.165, 1.54) is 11.6 Å². The molecule has 0 spiro atoms. The second-order valence-electron chi connectivity index (χ2n) is 9.36. The van der Waals surface area contributed by atoms with Crippen molar-refractivity contribution in [3.05, 3.63) is 101 Å². The number of rotatable bonds is 2. The number of pyridine rings is 1. The summed E-state index contributed by atoms with van der Waals surface area (Å²) < 4.78 is 69.6. The van der Waals surface area contributed by atoms with Crippen LogP contribution >= 0.6 is 0 Å². The summed E-state index contributed by atoms with van der Waals surface area (Å²) in [5.41, 5.74) is 4.04. The minimum absolute atomic E-state index is 0.0170. The highest BCUT2D eigenvalue weighted by Gasteiger charge is 2.24. The smallest absolute Gasteiger partial charge is 0.219 e. The first-order valence-corrected chi connectivity index (χ1v) is 12.0. The SMILES string of the molecule is [2H]c1c(F)c(C([2H])([2H])[2H])c([2H])[n+](C)c1-c1c(C)ccc2c1oc1c(-c3ccc4c(c3)oc3ccccc34)c(C#N)ccc12. The Balaban J connectivity index is 1.55. The Kier molecular flexibility index (Phi) is 3.70. The van der Waals surface area contributed by atoms with Gasteiger partial charge < -0.3 is 8.83 Å². The number of hydrogen-bond donors (Lipinski definition) is 0. The summed E-state index contributed by atoms with van der Waals surface area (Å²) in [6.45, 7) is -1.13. The molecule has 38 heavy (non-hydrogen) atoms. The zero-order valence-corrected chi connectivity index (χ0v) is 20.4. The standard InChI is InChI=1S/C33H22FN2O2/c1-18-8-11-24-25-13-10-21(16-35)31(20-9-12-23-22-6-4-5-7-28(22)37-29(23)14-20)33(25)38-32(24)30(18)27-15-26(34)19(2)17-36(27)3/h4-15,17H,1-3H3/q+1/i2D3,15D,17D. The van der Waals surface area contributed by atoms with E-state index in [1.807, 2.05) is 54.6 Å². The van der Waals surface area contributed by atoms with Crippen molar-refractivity contribution in [2.24, 2.45) is 7.05 Å². The molecule has 3 heterocycles. The second-order valence-corrected chi connectivity index (χ2v) is 9.36. The lowest BCUT2D eigenvalue weighted by molar-refractivity contribution is -0.661. The fraction of sp³-hybridized carbons (Fsp3) is 0.0909. The van der Waals surface area contributed by atoms with Crippen LogP contribution in [0, 0.1) is 30.9 Å². The predicted molar refractivity (Wildman–Crippen MR) is 147 cm³/mol. The van der Waals surface area contributed by atoms with Crippen LogP contribution in [0.4, 0.5) is 4.39 Å². The van der Waals surface area contributed by atoms with E-state index in [0.717, 1.165) is 16.4 Å². The maximum Gasteiger partial charge on any atom is 0.219 e. The minimum Gasteiger partial charge on any atom is -0.456 e. The van der Waals surface area contributed by atoms with E-state index in [1.54, 1.807) is 19.1 Å². The minimum atomic E-state index is -2.91. The third-order valence-electron chi connectivity index (χ3n) is 7.11. The highest BCUT2D eigenvalue weighted by Crippen LogP contribution is 2.43. The van der Waals surface area contributed by atoms with Gasteiger partial charge in [-0.05, 0) is 55.2 Å². The Morgan fingerprint density at radius 2 is 1.61 bits per heavy atom. The Morgan fingerprint density at radius 1 is 0.868 bits per heavy atom. The topological polar surface area (TPSA) is 54.0 Å². The second kappa shape index (κ2) is 8.03. The van der Waals surface area contributed by atoms with E-state index in [9.17, 15) is 5.26 Å². The van der Waals surface area contributed by atoms with Crippen LogP contribution in [-0.4, -0.2) is 0 Å². The summed E-state index contributed by atoms with van der Waals surface area (Å²) >= 11 is 0. The molecule has 7 aromatic rings. The molecule has 0 bridgehead atoms. The third-order valence-corrected chi connectivity index (χ3v) is 7.11. The summed E-state index contributed by atoms with van der Waals surface area (Å²) in [7, 11) is 1.44. The van der Waals surface area contributed by atoms with Gasteiger partial charge in [-0.3, -0.25) is 0 Å². The van der Waals surface area contributed by atoms with Crippen LogP contribution in [0.2, 0.25) is 0 Å². The van der Waals surface area contributed by atoms with E-state index in [0.29, 0.717) is 55.3 Å². The molecule has 4 nitrogen and oxygen atoms in total. The number of halogens is 1. The van der Waals surface area contributed by atoms with Crippen LogP contribution in [0.3, 0.4) is 0 Å². The van der Waals surface area contributed by atoms with E-state index < -0.39 is 30.4 Å². The van der Waals surface area contributed by atoms with Gasteiger partial charge in [-0.15, -0.1) is 0 Å². The van der Waals surface area contributed by atoms with Gasteiger partial charge in [0.25, 0.3) is 0 Å². The first kappa shape index (κ1) is 17.5. The quantitative estimate of drug-likeness (QED) is 0.224. The molecule has 182 valence electrons. The number of fused-ring (bicyclic) bond motifs is 6. The molecular weight excluding hydrogens is 475 g/mol. The predicted octanol–water partition coefficient (Wildman–Crippen LogP) is 8.27. The lowest BCUT2D eigenvalue weighted by Crippen LogP contribution is -2.31. The number of para-hydroxylation sites is 1. The maximum atomic E-state index is 15.5. The molecule has 0 radical (unpaired) electrons. The molecule has 3 aromatic heterocycles. The van der Waals surface area contributed by atoms with E-state index in [4.69, 9.17) is 15.7 Å². The lowest BCUT2D eigenvalue weighted by atomic mass is 9.95. The molecule has 0 N–H and O–H groups in total. The summed E-state index contributed by atoms with van der Waals surface area (Å²) in [5, 5.41) is 13.4. The summed E-state index contributed by atoms with van der Waals surface area (Å²) in [4.78, 5) is 0. The van der Waals surface area contributed by atoms with E-state index in [-0.39, 0.29) is 5.69 Å². The normalized spacial score (nSPS) is 13.9. The van der Waals surface area contributed by atoms with Gasteiger partial charge in [0.2, 0.25) is 5.69 Å². The molecule has 0 fully saturated rings. The van der Waals surface area contributed by atoms with E-state index >= 15 is 4.39 Å². The van der Waals surface area contributed by atoms with Crippen molar-refractivity contribution in [1.29, 1.82) is 5.26 Å². The molecule has 5 heteroatoms. The maximum absolute atomic E-state index is 15.5. The van der Waals surface area contributed by atoms with Gasteiger partial charge >= 0.3 is 0 Å². The molecule has 7 rings (SSSR count). The Labute approximate surface area is 224 Å². The first-order chi connectivity index (χ1) is 20.5. The van der Waals surface area contributed by atoms with Gasteiger partial charge in [-0.25, -0.2) is 8.96 Å². The highest BCUT2D eigenvalue weighted by molar-refractivity contribution is 6.14. The molecule has 0 aliphatic carbocycles. The monoisotopic (exact) mass is 502 g/mol. The van der Waals surface area contributed by atoms with Gasteiger partial charge in [0.05, 0.1) is 18.6 Å². The molecule has 0 atom stereocenters. The summed E-state index contributed by atoms with van der Waals surface area (Å²) in [6, 6.07) is 22.3. The van der Waals surface area contributed by atoms with Gasteiger partial charge in [-0.2, -0.15) is 5.26 Å². The van der Waals surface area contributed by atoms with Crippen molar-refractivity contribution in [2.75, 3.05) is 0 Å². The number of furan rings is 2. The zero-order valence-electron chi connectivity index (χ0n) is 25.4. The number of hydrogen-bond acceptors (Lipinski definition) is 3. The van der Waals surface area contributed by atoms with Crippen LogP contribution in [0.15, 0.2) is 87.8 Å². The fourth-order valence-corrected chi connectivity index (χ4v) is 5.31.